The number of hydrogen-bond acceptors (Lipinski definition) is 3. The van der Waals surface area contributed by atoms with Crippen LogP contribution in [0, 0.1) is 13.8 Å². The fraction of sp³-hybridized carbons (Fsp3) is 0.130. The third-order valence-corrected chi connectivity index (χ3v) is 4.56. The monoisotopic (exact) mass is 371 g/mol. The maximum absolute atomic E-state index is 12.3. The van der Waals surface area contributed by atoms with Crippen molar-refractivity contribution in [3.05, 3.63) is 89.6 Å². The molecule has 0 spiro atoms. The molecule has 0 fully saturated rings. The van der Waals surface area contributed by atoms with Crippen LogP contribution in [-0.4, -0.2) is 15.3 Å². The summed E-state index contributed by atoms with van der Waals surface area (Å²) < 4.78 is 7.25. The first-order valence-corrected chi connectivity index (χ1v) is 9.14. The van der Waals surface area contributed by atoms with Crippen LogP contribution in [0.25, 0.3) is 23.0 Å². The van der Waals surface area contributed by atoms with Gasteiger partial charge in [-0.15, -0.1) is 0 Å². The van der Waals surface area contributed by atoms with E-state index in [1.165, 1.54) is 11.6 Å². The number of hydrogen-bond donors (Lipinski definition) is 1. The van der Waals surface area contributed by atoms with Gasteiger partial charge < -0.3 is 14.1 Å². The number of furan rings is 1. The molecule has 1 amide bonds. The lowest BCUT2D eigenvalue weighted by atomic mass is 10.1. The predicted molar refractivity (Wildman–Crippen MR) is 110 cm³/mol. The third-order valence-electron chi connectivity index (χ3n) is 4.56. The molecule has 0 aliphatic heterocycles. The Morgan fingerprint density at radius 1 is 1.11 bits per heavy atom. The standard InChI is InChI=1S/C23H21N3O2/c1-16-5-8-18(9-6-16)23-20(26-15-17(2)7-11-21(26)25-23)14-24-22(27)12-10-19-4-3-13-28-19/h3-13,15H,14H2,1-2H3,(H,24,27)/b12-10+. The predicted octanol–water partition coefficient (Wildman–Crippen LogP) is 4.54. The van der Waals surface area contributed by atoms with Crippen molar-refractivity contribution in [1.29, 1.82) is 0 Å². The Bertz CT molecular complexity index is 1140. The van der Waals surface area contributed by atoms with Crippen LogP contribution in [0.4, 0.5) is 0 Å². The van der Waals surface area contributed by atoms with E-state index in [1.54, 1.807) is 24.5 Å². The van der Waals surface area contributed by atoms with Crippen molar-refractivity contribution in [2.24, 2.45) is 0 Å². The Balaban J connectivity index is 1.64. The lowest BCUT2D eigenvalue weighted by Crippen LogP contribution is -2.21. The number of carbonyl (C=O) groups excluding carboxylic acids is 1. The highest BCUT2D eigenvalue weighted by Gasteiger charge is 2.14. The lowest BCUT2D eigenvalue weighted by Gasteiger charge is -2.07. The van der Waals surface area contributed by atoms with Gasteiger partial charge in [0, 0.05) is 17.8 Å². The number of amides is 1. The van der Waals surface area contributed by atoms with E-state index < -0.39 is 0 Å². The zero-order chi connectivity index (χ0) is 19.5. The average Bonchev–Trinajstić information content (AvgIpc) is 3.33. The minimum Gasteiger partial charge on any atom is -0.465 e. The lowest BCUT2D eigenvalue weighted by molar-refractivity contribution is -0.116. The van der Waals surface area contributed by atoms with E-state index in [4.69, 9.17) is 9.40 Å². The second-order valence-electron chi connectivity index (χ2n) is 6.77. The van der Waals surface area contributed by atoms with Crippen LogP contribution in [0.15, 0.2) is 71.5 Å². The maximum atomic E-state index is 12.3. The normalized spacial score (nSPS) is 11.4. The van der Waals surface area contributed by atoms with E-state index in [-0.39, 0.29) is 5.91 Å². The Kier molecular flexibility index (Phi) is 4.81. The van der Waals surface area contributed by atoms with E-state index in [0.29, 0.717) is 12.3 Å². The molecule has 5 heteroatoms. The number of fused-ring (bicyclic) bond motifs is 1. The van der Waals surface area contributed by atoms with Crippen molar-refractivity contribution in [3.63, 3.8) is 0 Å². The van der Waals surface area contributed by atoms with Gasteiger partial charge in [-0.3, -0.25) is 4.79 Å². The zero-order valence-corrected chi connectivity index (χ0v) is 15.8. The Labute approximate surface area is 163 Å². The Morgan fingerprint density at radius 3 is 2.64 bits per heavy atom. The van der Waals surface area contributed by atoms with Crippen molar-refractivity contribution < 1.29 is 9.21 Å². The van der Waals surface area contributed by atoms with Crippen molar-refractivity contribution in [1.82, 2.24) is 14.7 Å². The minimum absolute atomic E-state index is 0.186. The summed E-state index contributed by atoms with van der Waals surface area (Å²) in [6, 6.07) is 15.9. The molecule has 4 aromatic rings. The largest absolute Gasteiger partial charge is 0.465 e. The summed E-state index contributed by atoms with van der Waals surface area (Å²) in [5.74, 6) is 0.454. The SMILES string of the molecule is Cc1ccc(-c2nc3ccc(C)cn3c2CNC(=O)/C=C/c2ccco2)cc1. The highest BCUT2D eigenvalue weighted by molar-refractivity contribution is 5.91. The van der Waals surface area contributed by atoms with Gasteiger partial charge in [0.25, 0.3) is 0 Å². The van der Waals surface area contributed by atoms with Crippen molar-refractivity contribution in [3.8, 4) is 11.3 Å². The number of aryl methyl sites for hydroxylation is 2. The van der Waals surface area contributed by atoms with Crippen LogP contribution in [0.5, 0.6) is 0 Å². The van der Waals surface area contributed by atoms with Gasteiger partial charge in [0.15, 0.2) is 0 Å². The first-order valence-electron chi connectivity index (χ1n) is 9.14. The molecule has 3 heterocycles. The molecule has 0 unspecified atom stereocenters. The summed E-state index contributed by atoms with van der Waals surface area (Å²) in [6.45, 7) is 4.47. The topological polar surface area (TPSA) is 59.5 Å². The molecule has 3 aromatic heterocycles. The van der Waals surface area contributed by atoms with Gasteiger partial charge in [0.05, 0.1) is 24.2 Å². The van der Waals surface area contributed by atoms with Gasteiger partial charge in [0.1, 0.15) is 11.4 Å². The molecule has 28 heavy (non-hydrogen) atoms. The van der Waals surface area contributed by atoms with E-state index in [2.05, 4.69) is 36.5 Å². The number of nitrogens with zero attached hydrogens (tertiary/aromatic N) is 2. The molecule has 0 saturated carbocycles. The van der Waals surface area contributed by atoms with Gasteiger partial charge in [-0.25, -0.2) is 4.98 Å². The Morgan fingerprint density at radius 2 is 1.89 bits per heavy atom. The molecule has 1 aromatic carbocycles. The minimum atomic E-state index is -0.186. The molecular formula is C23H21N3O2. The third kappa shape index (κ3) is 3.74. The maximum Gasteiger partial charge on any atom is 0.244 e. The number of imidazole rings is 1. The van der Waals surface area contributed by atoms with Crippen molar-refractivity contribution in [2.45, 2.75) is 20.4 Å². The summed E-state index contributed by atoms with van der Waals surface area (Å²) in [4.78, 5) is 17.1. The average molecular weight is 371 g/mol. The molecule has 0 saturated heterocycles. The molecule has 0 aliphatic carbocycles. The zero-order valence-electron chi connectivity index (χ0n) is 15.8. The van der Waals surface area contributed by atoms with E-state index in [9.17, 15) is 4.79 Å². The quantitative estimate of drug-likeness (QED) is 0.524. The molecule has 4 rings (SSSR count). The van der Waals surface area contributed by atoms with Gasteiger partial charge in [-0.2, -0.15) is 0 Å². The van der Waals surface area contributed by atoms with Crippen LogP contribution in [0.1, 0.15) is 22.6 Å². The van der Waals surface area contributed by atoms with Crippen LogP contribution >= 0.6 is 0 Å². The highest BCUT2D eigenvalue weighted by Crippen LogP contribution is 2.25. The molecule has 5 nitrogen and oxygen atoms in total. The molecule has 0 bridgehead atoms. The molecule has 0 aliphatic rings. The van der Waals surface area contributed by atoms with Crippen LogP contribution in [0.2, 0.25) is 0 Å². The second-order valence-corrected chi connectivity index (χ2v) is 6.77. The summed E-state index contributed by atoms with van der Waals surface area (Å²) >= 11 is 0. The summed E-state index contributed by atoms with van der Waals surface area (Å²) in [7, 11) is 0. The number of nitrogens with one attached hydrogen (secondary N) is 1. The van der Waals surface area contributed by atoms with E-state index in [0.717, 1.165) is 28.2 Å². The molecule has 1 N–H and O–H groups in total. The fourth-order valence-corrected chi connectivity index (χ4v) is 3.08. The molecule has 0 radical (unpaired) electrons. The second kappa shape index (κ2) is 7.56. The Hall–Kier alpha value is -3.60. The molecule has 0 atom stereocenters. The smallest absolute Gasteiger partial charge is 0.244 e. The highest BCUT2D eigenvalue weighted by atomic mass is 16.3. The van der Waals surface area contributed by atoms with Crippen LogP contribution < -0.4 is 5.32 Å². The molecule has 140 valence electrons. The number of benzene rings is 1. The number of rotatable bonds is 5. The van der Waals surface area contributed by atoms with Crippen LogP contribution in [-0.2, 0) is 11.3 Å². The van der Waals surface area contributed by atoms with Gasteiger partial charge in [0.2, 0.25) is 5.91 Å². The summed E-state index contributed by atoms with van der Waals surface area (Å²) in [5.41, 5.74) is 6.04. The van der Waals surface area contributed by atoms with Crippen LogP contribution in [0.3, 0.4) is 0 Å². The van der Waals surface area contributed by atoms with Gasteiger partial charge >= 0.3 is 0 Å². The van der Waals surface area contributed by atoms with E-state index >= 15 is 0 Å². The summed E-state index contributed by atoms with van der Waals surface area (Å²) in [6.07, 6.45) is 6.74. The number of pyridine rings is 1. The van der Waals surface area contributed by atoms with Crippen molar-refractivity contribution in [2.75, 3.05) is 0 Å². The van der Waals surface area contributed by atoms with Gasteiger partial charge in [-0.05, 0) is 43.7 Å². The first kappa shape index (κ1) is 17.8. The van der Waals surface area contributed by atoms with E-state index in [1.807, 2.05) is 29.7 Å². The first-order chi connectivity index (χ1) is 13.6. The number of aromatic nitrogens is 2. The van der Waals surface area contributed by atoms with Gasteiger partial charge in [-0.1, -0.05) is 35.9 Å². The molecular weight excluding hydrogens is 350 g/mol. The number of carbonyl (C=O) groups is 1. The fourth-order valence-electron chi connectivity index (χ4n) is 3.08. The summed E-state index contributed by atoms with van der Waals surface area (Å²) in [5, 5.41) is 2.95. The van der Waals surface area contributed by atoms with Crippen molar-refractivity contribution >= 4 is 17.6 Å².